The number of fused-ring (bicyclic) bond motifs is 1. The number of rotatable bonds is 1. The molecule has 5 heteroatoms. The fourth-order valence-corrected chi connectivity index (χ4v) is 3.12. The maximum Gasteiger partial charge on any atom is 0.150 e. The molecule has 0 fully saturated rings. The van der Waals surface area contributed by atoms with Crippen LogP contribution in [0.1, 0.15) is 5.56 Å². The summed E-state index contributed by atoms with van der Waals surface area (Å²) in [5.74, 6) is 0. The maximum atomic E-state index is 6.13. The Bertz CT molecular complexity index is 736. The molecule has 2 heterocycles. The lowest BCUT2D eigenvalue weighted by molar-refractivity contribution is 1.07. The summed E-state index contributed by atoms with van der Waals surface area (Å²) in [7, 11) is 0. The fourth-order valence-electron chi connectivity index (χ4n) is 1.96. The van der Waals surface area contributed by atoms with Gasteiger partial charge < -0.3 is 4.57 Å². The van der Waals surface area contributed by atoms with Gasteiger partial charge in [-0.25, -0.2) is 9.97 Å². The van der Waals surface area contributed by atoms with E-state index >= 15 is 0 Å². The minimum atomic E-state index is 0.496. The second kappa shape index (κ2) is 4.51. The number of nitrogens with zero attached hydrogens (tertiary/aromatic N) is 3. The molecule has 0 amide bonds. The highest BCUT2D eigenvalue weighted by Crippen LogP contribution is 2.28. The summed E-state index contributed by atoms with van der Waals surface area (Å²) in [6.07, 6.45) is 3.52. The van der Waals surface area contributed by atoms with Crippen LogP contribution in [0.2, 0.25) is 5.15 Å². The van der Waals surface area contributed by atoms with Crippen LogP contribution in [-0.4, -0.2) is 14.5 Å². The van der Waals surface area contributed by atoms with Crippen molar-refractivity contribution < 1.29 is 0 Å². The van der Waals surface area contributed by atoms with Crippen LogP contribution in [0.15, 0.2) is 36.8 Å². The first-order valence-corrected chi connectivity index (χ1v) is 6.86. The van der Waals surface area contributed by atoms with Gasteiger partial charge in [-0.05, 0) is 47.2 Å². The molecule has 0 saturated carbocycles. The molecule has 0 spiro atoms. The second-order valence-corrected chi connectivity index (χ2v) is 5.57. The van der Waals surface area contributed by atoms with Crippen LogP contribution in [0.3, 0.4) is 0 Å². The summed E-state index contributed by atoms with van der Waals surface area (Å²) < 4.78 is 3.09. The Kier molecular flexibility index (Phi) is 2.99. The van der Waals surface area contributed by atoms with E-state index in [1.807, 2.05) is 16.8 Å². The quantitative estimate of drug-likeness (QED) is 0.480. The van der Waals surface area contributed by atoms with E-state index in [2.05, 4.69) is 57.7 Å². The van der Waals surface area contributed by atoms with E-state index in [9.17, 15) is 0 Å². The van der Waals surface area contributed by atoms with Crippen molar-refractivity contribution in [1.82, 2.24) is 14.5 Å². The first-order valence-electron chi connectivity index (χ1n) is 5.41. The van der Waals surface area contributed by atoms with E-state index in [0.717, 1.165) is 20.3 Å². The summed E-state index contributed by atoms with van der Waals surface area (Å²) in [6, 6.07) is 8.28. The number of aromatic nitrogens is 3. The minimum absolute atomic E-state index is 0.496. The van der Waals surface area contributed by atoms with Crippen LogP contribution in [0.5, 0.6) is 0 Å². The summed E-state index contributed by atoms with van der Waals surface area (Å²) in [6.45, 7) is 2.07. The highest BCUT2D eigenvalue weighted by molar-refractivity contribution is 14.1. The van der Waals surface area contributed by atoms with Crippen LogP contribution in [0, 0.1) is 10.5 Å². The highest BCUT2D eigenvalue weighted by atomic mass is 127. The third-order valence-corrected chi connectivity index (χ3v) is 3.87. The molecule has 3 rings (SSSR count). The van der Waals surface area contributed by atoms with Crippen molar-refractivity contribution in [2.24, 2.45) is 0 Å². The lowest BCUT2D eigenvalue weighted by atomic mass is 10.2. The number of halogens is 2. The van der Waals surface area contributed by atoms with Crippen molar-refractivity contribution in [3.05, 3.63) is 51.1 Å². The minimum Gasteiger partial charge on any atom is -0.300 e. The van der Waals surface area contributed by atoms with Crippen molar-refractivity contribution in [2.45, 2.75) is 6.92 Å². The lowest BCUT2D eigenvalue weighted by Gasteiger charge is -2.05. The van der Waals surface area contributed by atoms with Crippen molar-refractivity contribution in [3.63, 3.8) is 0 Å². The largest absolute Gasteiger partial charge is 0.300 e. The highest BCUT2D eigenvalue weighted by Gasteiger charge is 2.12. The van der Waals surface area contributed by atoms with Gasteiger partial charge in [-0.1, -0.05) is 23.7 Å². The lowest BCUT2D eigenvalue weighted by Crippen LogP contribution is -1.94. The zero-order chi connectivity index (χ0) is 12.7. The van der Waals surface area contributed by atoms with Gasteiger partial charge in [-0.15, -0.1) is 0 Å². The van der Waals surface area contributed by atoms with Crippen molar-refractivity contribution >= 4 is 45.2 Å². The molecule has 1 aromatic carbocycles. The standard InChI is InChI=1S/C13H9ClIN3/c1-8-3-2-4-9(5-8)18-6-10(15)11-12(14)16-7-17-13(11)18/h2-7H,1H3. The molecular weight excluding hydrogens is 361 g/mol. The molecule has 3 aromatic rings. The molecule has 90 valence electrons. The van der Waals surface area contributed by atoms with Crippen LogP contribution in [0.4, 0.5) is 0 Å². The molecule has 3 nitrogen and oxygen atoms in total. The SMILES string of the molecule is Cc1cccc(-n2cc(I)c3c(Cl)ncnc32)c1. The van der Waals surface area contributed by atoms with Crippen LogP contribution < -0.4 is 0 Å². The molecule has 0 aliphatic heterocycles. The molecule has 0 bridgehead atoms. The van der Waals surface area contributed by atoms with E-state index in [4.69, 9.17) is 11.6 Å². The van der Waals surface area contributed by atoms with Crippen molar-refractivity contribution in [2.75, 3.05) is 0 Å². The average Bonchev–Trinajstić information content (AvgIpc) is 2.68. The van der Waals surface area contributed by atoms with E-state index in [-0.39, 0.29) is 0 Å². The molecular formula is C13H9ClIN3. The van der Waals surface area contributed by atoms with Gasteiger partial charge in [0.05, 0.1) is 5.39 Å². The Balaban J connectivity index is 2.34. The van der Waals surface area contributed by atoms with Crippen molar-refractivity contribution in [1.29, 1.82) is 0 Å². The summed E-state index contributed by atoms with van der Waals surface area (Å²) in [5, 5.41) is 1.40. The zero-order valence-corrected chi connectivity index (χ0v) is 12.5. The van der Waals surface area contributed by atoms with Crippen molar-refractivity contribution in [3.8, 4) is 5.69 Å². The summed E-state index contributed by atoms with van der Waals surface area (Å²) in [5.41, 5.74) is 3.13. The van der Waals surface area contributed by atoms with E-state index in [1.165, 1.54) is 11.9 Å². The van der Waals surface area contributed by atoms with E-state index < -0.39 is 0 Å². The average molecular weight is 370 g/mol. The van der Waals surface area contributed by atoms with E-state index in [0.29, 0.717) is 5.15 Å². The Morgan fingerprint density at radius 2 is 2.11 bits per heavy atom. The summed E-state index contributed by atoms with van der Waals surface area (Å²) >= 11 is 8.38. The summed E-state index contributed by atoms with van der Waals surface area (Å²) in [4.78, 5) is 8.36. The van der Waals surface area contributed by atoms with Gasteiger partial charge in [0.25, 0.3) is 0 Å². The molecule has 0 atom stereocenters. The normalized spacial score (nSPS) is 11.1. The number of aryl methyl sites for hydroxylation is 1. The molecule has 2 aromatic heterocycles. The fraction of sp³-hybridized carbons (Fsp3) is 0.0769. The van der Waals surface area contributed by atoms with Gasteiger partial charge in [-0.3, -0.25) is 0 Å². The van der Waals surface area contributed by atoms with Crippen LogP contribution in [-0.2, 0) is 0 Å². The Hall–Kier alpha value is -1.14. The smallest absolute Gasteiger partial charge is 0.150 e. The molecule has 0 N–H and O–H groups in total. The van der Waals surface area contributed by atoms with Crippen LogP contribution in [0.25, 0.3) is 16.7 Å². The first-order chi connectivity index (χ1) is 8.66. The third-order valence-electron chi connectivity index (χ3n) is 2.77. The monoisotopic (exact) mass is 369 g/mol. The Morgan fingerprint density at radius 1 is 1.28 bits per heavy atom. The van der Waals surface area contributed by atoms with Gasteiger partial charge in [0.1, 0.15) is 11.5 Å². The molecule has 0 aliphatic carbocycles. The molecule has 18 heavy (non-hydrogen) atoms. The second-order valence-electron chi connectivity index (χ2n) is 4.05. The Morgan fingerprint density at radius 3 is 2.89 bits per heavy atom. The number of hydrogen-bond acceptors (Lipinski definition) is 2. The van der Waals surface area contributed by atoms with Crippen LogP contribution >= 0.6 is 34.2 Å². The maximum absolute atomic E-state index is 6.13. The third kappa shape index (κ3) is 1.89. The molecule has 0 aliphatic rings. The van der Waals surface area contributed by atoms with Gasteiger partial charge >= 0.3 is 0 Å². The molecule has 0 unspecified atom stereocenters. The molecule has 0 saturated heterocycles. The molecule has 0 radical (unpaired) electrons. The first kappa shape index (κ1) is 11.9. The predicted molar refractivity (Wildman–Crippen MR) is 81.3 cm³/mol. The number of hydrogen-bond donors (Lipinski definition) is 0. The zero-order valence-electron chi connectivity index (χ0n) is 9.56. The predicted octanol–water partition coefficient (Wildman–Crippen LogP) is 3.99. The van der Waals surface area contributed by atoms with Gasteiger partial charge in [0.15, 0.2) is 5.65 Å². The topological polar surface area (TPSA) is 30.7 Å². The Labute approximate surface area is 123 Å². The van der Waals surface area contributed by atoms with Gasteiger partial charge in [0, 0.05) is 15.5 Å². The number of benzene rings is 1. The van der Waals surface area contributed by atoms with Gasteiger partial charge in [0.2, 0.25) is 0 Å². The van der Waals surface area contributed by atoms with E-state index in [1.54, 1.807) is 0 Å². The van der Waals surface area contributed by atoms with Gasteiger partial charge in [-0.2, -0.15) is 0 Å².